The van der Waals surface area contributed by atoms with Crippen molar-refractivity contribution in [3.63, 3.8) is 0 Å². The molecule has 3 heterocycles. The van der Waals surface area contributed by atoms with Crippen LogP contribution in [0.5, 0.6) is 0 Å². The number of nitrogens with zero attached hydrogens (tertiary/aromatic N) is 3. The summed E-state index contributed by atoms with van der Waals surface area (Å²) < 4.78 is 2.35. The molecule has 0 unspecified atom stereocenters. The van der Waals surface area contributed by atoms with E-state index in [0.717, 1.165) is 11.0 Å². The first kappa shape index (κ1) is 11.9. The largest absolute Gasteiger partial charge is 0.344 e. The molecule has 0 aromatic carbocycles. The Kier molecular flexibility index (Phi) is 2.97. The van der Waals surface area contributed by atoms with Crippen LogP contribution in [0.3, 0.4) is 0 Å². The van der Waals surface area contributed by atoms with E-state index < -0.39 is 0 Å². The Bertz CT molecular complexity index is 263. The minimum Gasteiger partial charge on any atom is -0.344 e. The maximum absolute atomic E-state index is 11.8. The summed E-state index contributed by atoms with van der Waals surface area (Å²) in [5.74, 6) is 0.290. The fraction of sp³-hybridized carbons (Fsp3) is 0.917. The van der Waals surface area contributed by atoms with Gasteiger partial charge in [-0.05, 0) is 6.92 Å². The quantitative estimate of drug-likeness (QED) is 0.609. The first-order chi connectivity index (χ1) is 7.51. The predicted molar refractivity (Wildman–Crippen MR) is 63.8 cm³/mol. The molecule has 3 fully saturated rings. The summed E-state index contributed by atoms with van der Waals surface area (Å²) in [6.07, 6.45) is 0. The number of likely N-dealkylation sites (N-methyl/N-ethyl adjacent to an activating group) is 2. The van der Waals surface area contributed by atoms with Crippen LogP contribution in [0, 0.1) is 0 Å². The molecule has 3 aliphatic rings. The number of amides is 1. The van der Waals surface area contributed by atoms with E-state index in [4.69, 9.17) is 0 Å². The summed E-state index contributed by atoms with van der Waals surface area (Å²) in [6, 6.07) is 0. The number of hydrogen-bond acceptors (Lipinski definition) is 1. The first-order valence-corrected chi connectivity index (χ1v) is 6.41. The molecule has 3 saturated heterocycles. The molecular formula is C12H25N3O+2. The highest BCUT2D eigenvalue weighted by atomic mass is 16.2. The van der Waals surface area contributed by atoms with E-state index in [-0.39, 0.29) is 0 Å². The van der Waals surface area contributed by atoms with Gasteiger partial charge < -0.3 is 13.9 Å². The molecule has 0 aromatic rings. The molecule has 0 atom stereocenters. The molecule has 92 valence electrons. The van der Waals surface area contributed by atoms with Gasteiger partial charge in [0.1, 0.15) is 39.3 Å². The van der Waals surface area contributed by atoms with Crippen molar-refractivity contribution in [3.05, 3.63) is 0 Å². The summed E-state index contributed by atoms with van der Waals surface area (Å²) in [7, 11) is 3.72. The molecule has 1 amide bonds. The van der Waals surface area contributed by atoms with E-state index in [0.29, 0.717) is 5.91 Å². The van der Waals surface area contributed by atoms with Gasteiger partial charge in [-0.3, -0.25) is 4.79 Å². The zero-order valence-electron chi connectivity index (χ0n) is 10.9. The van der Waals surface area contributed by atoms with Crippen molar-refractivity contribution in [2.75, 3.05) is 66.5 Å². The number of rotatable bonds is 3. The molecule has 0 N–H and O–H groups in total. The number of hydrogen-bond donors (Lipinski definition) is 0. The number of carbonyl (C=O) groups is 1. The van der Waals surface area contributed by atoms with Gasteiger partial charge in [0.15, 0.2) is 6.54 Å². The number of carbonyl (C=O) groups excluding carboxylic acids is 1. The highest BCUT2D eigenvalue weighted by Crippen LogP contribution is 2.26. The summed E-state index contributed by atoms with van der Waals surface area (Å²) in [4.78, 5) is 13.6. The van der Waals surface area contributed by atoms with Crippen LogP contribution in [0.4, 0.5) is 0 Å². The third-order valence-corrected chi connectivity index (χ3v) is 4.79. The van der Waals surface area contributed by atoms with Crippen molar-refractivity contribution in [3.8, 4) is 0 Å². The second-order valence-corrected chi connectivity index (χ2v) is 5.79. The lowest BCUT2D eigenvalue weighted by Crippen LogP contribution is -2.75. The molecule has 0 spiro atoms. The van der Waals surface area contributed by atoms with Crippen LogP contribution in [-0.2, 0) is 4.79 Å². The van der Waals surface area contributed by atoms with E-state index in [1.165, 1.54) is 50.3 Å². The van der Waals surface area contributed by atoms with Gasteiger partial charge in [0.25, 0.3) is 5.91 Å². The van der Waals surface area contributed by atoms with Crippen molar-refractivity contribution in [2.24, 2.45) is 0 Å². The number of fused-ring (bicyclic) bond motifs is 3. The van der Waals surface area contributed by atoms with Gasteiger partial charge in [0.2, 0.25) is 0 Å². The van der Waals surface area contributed by atoms with Crippen LogP contribution in [0.25, 0.3) is 0 Å². The molecule has 16 heavy (non-hydrogen) atoms. The van der Waals surface area contributed by atoms with Crippen molar-refractivity contribution < 1.29 is 13.8 Å². The number of quaternary nitrogens is 2. The smallest absolute Gasteiger partial charge is 0.277 e. The van der Waals surface area contributed by atoms with Gasteiger partial charge in [0.05, 0.1) is 6.54 Å². The lowest BCUT2D eigenvalue weighted by atomic mass is 10.1. The molecule has 0 aliphatic carbocycles. The van der Waals surface area contributed by atoms with E-state index in [9.17, 15) is 4.79 Å². The van der Waals surface area contributed by atoms with Gasteiger partial charge in [-0.1, -0.05) is 0 Å². The molecular weight excluding hydrogens is 202 g/mol. The van der Waals surface area contributed by atoms with Gasteiger partial charge in [-0.2, -0.15) is 0 Å². The fourth-order valence-electron chi connectivity index (χ4n) is 3.08. The molecule has 3 rings (SSSR count). The van der Waals surface area contributed by atoms with Crippen LogP contribution in [0.1, 0.15) is 6.92 Å². The average Bonchev–Trinajstić information content (AvgIpc) is 2.31. The number of piperazine rings is 3. The van der Waals surface area contributed by atoms with E-state index in [2.05, 4.69) is 6.92 Å². The zero-order valence-corrected chi connectivity index (χ0v) is 10.9. The van der Waals surface area contributed by atoms with E-state index >= 15 is 0 Å². The molecule has 0 radical (unpaired) electrons. The Balaban J connectivity index is 2.00. The van der Waals surface area contributed by atoms with Crippen LogP contribution in [-0.4, -0.2) is 86.2 Å². The summed E-state index contributed by atoms with van der Waals surface area (Å²) in [5, 5.41) is 0. The SMILES string of the molecule is CC[N+]12CC[N+](CC(=O)N(C)C)(CC1)CC2. The molecule has 3 aliphatic heterocycles. The van der Waals surface area contributed by atoms with Gasteiger partial charge in [-0.25, -0.2) is 0 Å². The Labute approximate surface area is 98.6 Å². The fourth-order valence-corrected chi connectivity index (χ4v) is 3.08. The summed E-state index contributed by atoms with van der Waals surface area (Å²) in [5.41, 5.74) is 0. The highest BCUT2D eigenvalue weighted by molar-refractivity contribution is 5.76. The summed E-state index contributed by atoms with van der Waals surface area (Å²) in [6.45, 7) is 11.7. The third-order valence-electron chi connectivity index (χ3n) is 4.79. The van der Waals surface area contributed by atoms with Gasteiger partial charge >= 0.3 is 0 Å². The van der Waals surface area contributed by atoms with Crippen LogP contribution in [0.15, 0.2) is 0 Å². The van der Waals surface area contributed by atoms with Crippen LogP contribution in [0.2, 0.25) is 0 Å². The maximum Gasteiger partial charge on any atom is 0.277 e. The topological polar surface area (TPSA) is 20.3 Å². The Morgan fingerprint density at radius 3 is 1.81 bits per heavy atom. The second-order valence-electron chi connectivity index (χ2n) is 5.79. The Hall–Kier alpha value is -0.610. The normalized spacial score (nSPS) is 37.4. The zero-order chi connectivity index (χ0) is 11.8. The highest BCUT2D eigenvalue weighted by Gasteiger charge is 2.48. The van der Waals surface area contributed by atoms with E-state index in [1.54, 1.807) is 4.90 Å². The minimum absolute atomic E-state index is 0.290. The molecule has 4 nitrogen and oxygen atoms in total. The molecule has 2 bridgehead atoms. The average molecular weight is 227 g/mol. The lowest BCUT2D eigenvalue weighted by molar-refractivity contribution is -1.08. The summed E-state index contributed by atoms with van der Waals surface area (Å²) >= 11 is 0. The Morgan fingerprint density at radius 2 is 1.44 bits per heavy atom. The standard InChI is InChI=1S/C12H25N3O/c1-4-14-5-8-15(9-6-14,10-7-14)11-12(16)13(2)3/h4-11H2,1-3H3/q+2. The third kappa shape index (κ3) is 1.96. The monoisotopic (exact) mass is 227 g/mol. The van der Waals surface area contributed by atoms with Crippen molar-refractivity contribution >= 4 is 5.91 Å². The first-order valence-electron chi connectivity index (χ1n) is 6.41. The van der Waals surface area contributed by atoms with Crippen LogP contribution >= 0.6 is 0 Å². The van der Waals surface area contributed by atoms with Crippen molar-refractivity contribution in [1.29, 1.82) is 0 Å². The molecule has 0 aromatic heterocycles. The second kappa shape index (κ2) is 4.00. The van der Waals surface area contributed by atoms with Crippen molar-refractivity contribution in [1.82, 2.24) is 4.90 Å². The predicted octanol–water partition coefficient (Wildman–Crippen LogP) is -0.245. The Morgan fingerprint density at radius 1 is 1.00 bits per heavy atom. The maximum atomic E-state index is 11.8. The molecule has 0 saturated carbocycles. The van der Waals surface area contributed by atoms with Gasteiger partial charge in [-0.15, -0.1) is 0 Å². The van der Waals surface area contributed by atoms with Gasteiger partial charge in [0, 0.05) is 14.1 Å². The lowest BCUT2D eigenvalue weighted by Gasteiger charge is -2.55. The minimum atomic E-state index is 0.290. The van der Waals surface area contributed by atoms with Crippen LogP contribution < -0.4 is 0 Å². The van der Waals surface area contributed by atoms with E-state index in [1.807, 2.05) is 14.1 Å². The van der Waals surface area contributed by atoms with Crippen molar-refractivity contribution in [2.45, 2.75) is 6.92 Å². The molecule has 4 heteroatoms.